The maximum atomic E-state index is 12.8. The zero-order chi connectivity index (χ0) is 13.9. The fourth-order valence-electron chi connectivity index (χ4n) is 2.27. The molecule has 0 aliphatic carbocycles. The summed E-state index contributed by atoms with van der Waals surface area (Å²) < 4.78 is 18.4. The Hall–Kier alpha value is -2.36. The van der Waals surface area contributed by atoms with E-state index in [1.807, 2.05) is 24.3 Å². The largest absolute Gasteiger partial charge is 0.492 e. The smallest absolute Gasteiger partial charge is 0.231 e. The number of hydrogen-bond donors (Lipinski definition) is 1. The van der Waals surface area contributed by atoms with Crippen LogP contribution in [0.3, 0.4) is 0 Å². The van der Waals surface area contributed by atoms with Crippen LogP contribution in [0.15, 0.2) is 48.5 Å². The Morgan fingerprint density at radius 1 is 1.15 bits per heavy atom. The van der Waals surface area contributed by atoms with Crippen molar-refractivity contribution in [3.05, 3.63) is 59.9 Å². The first kappa shape index (κ1) is 12.7. The first-order chi connectivity index (χ1) is 9.72. The van der Waals surface area contributed by atoms with Crippen molar-refractivity contribution in [2.75, 3.05) is 11.9 Å². The number of carbonyl (C=O) groups excluding carboxylic acids is 1. The van der Waals surface area contributed by atoms with Crippen LogP contribution in [0.2, 0.25) is 0 Å². The van der Waals surface area contributed by atoms with Gasteiger partial charge in [-0.05, 0) is 42.3 Å². The van der Waals surface area contributed by atoms with E-state index in [9.17, 15) is 9.18 Å². The first-order valence-electron chi connectivity index (χ1n) is 6.49. The van der Waals surface area contributed by atoms with Crippen molar-refractivity contribution in [3.8, 4) is 5.75 Å². The third-order valence-corrected chi connectivity index (χ3v) is 3.36. The number of benzene rings is 2. The highest BCUT2D eigenvalue weighted by Crippen LogP contribution is 2.27. The molecule has 0 spiro atoms. The minimum atomic E-state index is -0.321. The fourth-order valence-corrected chi connectivity index (χ4v) is 2.27. The highest BCUT2D eigenvalue weighted by atomic mass is 19.1. The Morgan fingerprint density at radius 3 is 2.70 bits per heavy atom. The van der Waals surface area contributed by atoms with Crippen molar-refractivity contribution in [2.45, 2.75) is 6.42 Å². The third kappa shape index (κ3) is 2.64. The van der Waals surface area contributed by atoms with Crippen LogP contribution in [0.25, 0.3) is 0 Å². The number of anilines is 1. The van der Waals surface area contributed by atoms with Crippen LogP contribution in [-0.2, 0) is 11.2 Å². The average Bonchev–Trinajstić information content (AvgIpc) is 2.49. The van der Waals surface area contributed by atoms with E-state index >= 15 is 0 Å². The zero-order valence-corrected chi connectivity index (χ0v) is 10.8. The molecule has 2 aromatic rings. The third-order valence-electron chi connectivity index (χ3n) is 3.36. The monoisotopic (exact) mass is 271 g/mol. The van der Waals surface area contributed by atoms with Crippen LogP contribution in [-0.4, -0.2) is 12.5 Å². The molecule has 3 rings (SSSR count). The van der Waals surface area contributed by atoms with Crippen molar-refractivity contribution in [1.82, 2.24) is 0 Å². The predicted octanol–water partition coefficient (Wildman–Crippen LogP) is 3.02. The van der Waals surface area contributed by atoms with E-state index in [1.165, 1.54) is 12.1 Å². The van der Waals surface area contributed by atoms with Gasteiger partial charge in [-0.15, -0.1) is 0 Å². The molecule has 1 atom stereocenters. The molecule has 0 aromatic heterocycles. The molecule has 1 unspecified atom stereocenters. The highest BCUT2D eigenvalue weighted by Gasteiger charge is 2.25. The van der Waals surface area contributed by atoms with Gasteiger partial charge in [0, 0.05) is 5.69 Å². The lowest BCUT2D eigenvalue weighted by atomic mass is 9.96. The lowest BCUT2D eigenvalue weighted by Gasteiger charge is -2.24. The van der Waals surface area contributed by atoms with E-state index in [0.29, 0.717) is 18.7 Å². The molecule has 0 radical (unpaired) electrons. The van der Waals surface area contributed by atoms with Crippen molar-refractivity contribution in [1.29, 1.82) is 0 Å². The topological polar surface area (TPSA) is 38.3 Å². The molecular formula is C16H14FNO2. The Labute approximate surface area is 116 Å². The van der Waals surface area contributed by atoms with Crippen molar-refractivity contribution >= 4 is 11.6 Å². The second-order valence-electron chi connectivity index (χ2n) is 4.82. The molecule has 1 heterocycles. The molecular weight excluding hydrogens is 257 g/mol. The van der Waals surface area contributed by atoms with Gasteiger partial charge in [0.05, 0.1) is 5.92 Å². The summed E-state index contributed by atoms with van der Waals surface area (Å²) in [6.07, 6.45) is 0.656. The highest BCUT2D eigenvalue weighted by molar-refractivity contribution is 5.93. The zero-order valence-electron chi connectivity index (χ0n) is 10.8. The van der Waals surface area contributed by atoms with Crippen LogP contribution >= 0.6 is 0 Å². The van der Waals surface area contributed by atoms with Gasteiger partial charge in [0.25, 0.3) is 0 Å². The summed E-state index contributed by atoms with van der Waals surface area (Å²) in [5.41, 5.74) is 1.63. The normalized spacial score (nSPS) is 16.9. The molecule has 0 saturated carbocycles. The van der Waals surface area contributed by atoms with Gasteiger partial charge < -0.3 is 10.1 Å². The second-order valence-corrected chi connectivity index (χ2v) is 4.82. The molecule has 20 heavy (non-hydrogen) atoms. The Bertz CT molecular complexity index is 625. The number of nitrogens with one attached hydrogen (secondary N) is 1. The molecule has 3 nitrogen and oxygen atoms in total. The van der Waals surface area contributed by atoms with Crippen LogP contribution in [0, 0.1) is 11.7 Å². The Balaban J connectivity index is 1.68. The number of fused-ring (bicyclic) bond motifs is 1. The van der Waals surface area contributed by atoms with Gasteiger partial charge in [0.2, 0.25) is 5.91 Å². The molecule has 2 aromatic carbocycles. The number of amides is 1. The minimum Gasteiger partial charge on any atom is -0.492 e. The van der Waals surface area contributed by atoms with Gasteiger partial charge in [-0.3, -0.25) is 4.79 Å². The first-order valence-corrected chi connectivity index (χ1v) is 6.49. The van der Waals surface area contributed by atoms with Gasteiger partial charge in [-0.1, -0.05) is 18.2 Å². The SMILES string of the molecule is O=C(Nc1ccc(F)cc1)C1COc2ccccc2C1. The summed E-state index contributed by atoms with van der Waals surface area (Å²) in [6, 6.07) is 13.5. The van der Waals surface area contributed by atoms with Gasteiger partial charge >= 0.3 is 0 Å². The minimum absolute atomic E-state index is 0.105. The maximum absolute atomic E-state index is 12.8. The average molecular weight is 271 g/mol. The number of para-hydroxylation sites is 1. The van der Waals surface area contributed by atoms with E-state index in [2.05, 4.69) is 5.32 Å². The molecule has 0 bridgehead atoms. The summed E-state index contributed by atoms with van der Waals surface area (Å²) in [5, 5.41) is 2.78. The molecule has 1 aliphatic heterocycles. The summed E-state index contributed by atoms with van der Waals surface area (Å²) in [4.78, 5) is 12.2. The maximum Gasteiger partial charge on any atom is 0.231 e. The number of carbonyl (C=O) groups is 1. The molecule has 1 aliphatic rings. The lowest BCUT2D eigenvalue weighted by Crippen LogP contribution is -2.32. The van der Waals surface area contributed by atoms with Crippen LogP contribution < -0.4 is 10.1 Å². The summed E-state index contributed by atoms with van der Waals surface area (Å²) >= 11 is 0. The van der Waals surface area contributed by atoms with E-state index in [1.54, 1.807) is 12.1 Å². The van der Waals surface area contributed by atoms with Crippen LogP contribution in [0.4, 0.5) is 10.1 Å². The Kier molecular flexibility index (Phi) is 3.37. The molecule has 4 heteroatoms. The molecule has 1 N–H and O–H groups in total. The molecule has 0 fully saturated rings. The summed E-state index contributed by atoms with van der Waals surface area (Å²) in [5.74, 6) is 0.192. The summed E-state index contributed by atoms with van der Waals surface area (Å²) in [7, 11) is 0. The van der Waals surface area contributed by atoms with Crippen LogP contribution in [0.1, 0.15) is 5.56 Å². The van der Waals surface area contributed by atoms with Gasteiger partial charge in [0.15, 0.2) is 0 Å². The molecule has 102 valence electrons. The second kappa shape index (κ2) is 5.33. The van der Waals surface area contributed by atoms with E-state index < -0.39 is 0 Å². The van der Waals surface area contributed by atoms with Crippen molar-refractivity contribution < 1.29 is 13.9 Å². The molecule has 1 amide bonds. The predicted molar refractivity (Wildman–Crippen MR) is 74.2 cm³/mol. The molecule has 0 saturated heterocycles. The number of rotatable bonds is 2. The standard InChI is InChI=1S/C16H14FNO2/c17-13-5-7-14(8-6-13)18-16(19)12-9-11-3-1-2-4-15(11)20-10-12/h1-8,12H,9-10H2,(H,18,19). The Morgan fingerprint density at radius 2 is 1.90 bits per heavy atom. The van der Waals surface area contributed by atoms with Crippen LogP contribution in [0.5, 0.6) is 5.75 Å². The van der Waals surface area contributed by atoms with E-state index in [0.717, 1.165) is 11.3 Å². The number of ether oxygens (including phenoxy) is 1. The summed E-state index contributed by atoms with van der Waals surface area (Å²) in [6.45, 7) is 0.365. The number of hydrogen-bond acceptors (Lipinski definition) is 2. The van der Waals surface area contributed by atoms with Gasteiger partial charge in [-0.25, -0.2) is 4.39 Å². The fraction of sp³-hybridized carbons (Fsp3) is 0.188. The quantitative estimate of drug-likeness (QED) is 0.911. The van der Waals surface area contributed by atoms with Crippen molar-refractivity contribution in [3.63, 3.8) is 0 Å². The van der Waals surface area contributed by atoms with E-state index in [-0.39, 0.29) is 17.6 Å². The van der Waals surface area contributed by atoms with E-state index in [4.69, 9.17) is 4.74 Å². The van der Waals surface area contributed by atoms with Crippen molar-refractivity contribution in [2.24, 2.45) is 5.92 Å². The van der Waals surface area contributed by atoms with Gasteiger partial charge in [-0.2, -0.15) is 0 Å². The lowest BCUT2D eigenvalue weighted by molar-refractivity contribution is -0.121. The van der Waals surface area contributed by atoms with Gasteiger partial charge in [0.1, 0.15) is 18.2 Å². The number of halogens is 1.